The second-order valence-corrected chi connectivity index (χ2v) is 6.50. The molecular weight excluding hydrogens is 272 g/mol. The summed E-state index contributed by atoms with van der Waals surface area (Å²) in [6.07, 6.45) is 6.32. The molecule has 1 N–H and O–H groups in total. The van der Waals surface area contributed by atoms with Crippen molar-refractivity contribution in [2.45, 2.75) is 58.9 Å². The quantitative estimate of drug-likeness (QED) is 0.813. The molecule has 1 aromatic rings. The highest BCUT2D eigenvalue weighted by Crippen LogP contribution is 2.19. The zero-order valence-corrected chi connectivity index (χ0v) is 14.3. The predicted octanol–water partition coefficient (Wildman–Crippen LogP) is 3.69. The number of hydrogen-bond donors (Lipinski definition) is 1. The van der Waals surface area contributed by atoms with E-state index in [-0.39, 0.29) is 5.91 Å². The van der Waals surface area contributed by atoms with Crippen molar-refractivity contribution < 1.29 is 4.79 Å². The van der Waals surface area contributed by atoms with E-state index in [1.165, 1.54) is 43.4 Å². The fourth-order valence-corrected chi connectivity index (χ4v) is 3.29. The molecular formula is C19H30N2O. The first-order valence-electron chi connectivity index (χ1n) is 8.71. The number of amides is 1. The van der Waals surface area contributed by atoms with Gasteiger partial charge in [-0.25, -0.2) is 0 Å². The molecule has 122 valence electrons. The highest BCUT2D eigenvalue weighted by atomic mass is 16.1. The molecule has 1 saturated heterocycles. The number of carbonyl (C=O) groups excluding carboxylic acids is 1. The molecule has 0 bridgehead atoms. The molecule has 0 spiro atoms. The standard InChI is InChI=1S/C19H30N2O/c1-4-18-8-5-6-12-21(18)13-7-11-20-19(22)17-10-9-15(2)16(3)14-17/h9-10,14,18H,4-8,11-13H2,1-3H3,(H,20,22)/t18-/m1/s1. The summed E-state index contributed by atoms with van der Waals surface area (Å²) in [7, 11) is 0. The van der Waals surface area contributed by atoms with Crippen LogP contribution in [0.25, 0.3) is 0 Å². The zero-order chi connectivity index (χ0) is 15.9. The summed E-state index contributed by atoms with van der Waals surface area (Å²) in [5.74, 6) is 0.0498. The molecule has 22 heavy (non-hydrogen) atoms. The van der Waals surface area contributed by atoms with Crippen LogP contribution >= 0.6 is 0 Å². The van der Waals surface area contributed by atoms with E-state index >= 15 is 0 Å². The van der Waals surface area contributed by atoms with Crippen LogP contribution < -0.4 is 5.32 Å². The van der Waals surface area contributed by atoms with E-state index in [1.807, 2.05) is 25.1 Å². The van der Waals surface area contributed by atoms with E-state index in [1.54, 1.807) is 0 Å². The SMILES string of the molecule is CC[C@@H]1CCCCN1CCCNC(=O)c1ccc(C)c(C)c1. The molecule has 0 radical (unpaired) electrons. The second-order valence-electron chi connectivity index (χ2n) is 6.50. The lowest BCUT2D eigenvalue weighted by Gasteiger charge is -2.35. The fraction of sp³-hybridized carbons (Fsp3) is 0.632. The molecule has 2 rings (SSSR count). The van der Waals surface area contributed by atoms with E-state index in [0.29, 0.717) is 0 Å². The predicted molar refractivity (Wildman–Crippen MR) is 92.4 cm³/mol. The van der Waals surface area contributed by atoms with Gasteiger partial charge in [-0.1, -0.05) is 19.4 Å². The number of hydrogen-bond acceptors (Lipinski definition) is 2. The molecule has 1 heterocycles. The van der Waals surface area contributed by atoms with Crippen molar-refractivity contribution in [3.05, 3.63) is 34.9 Å². The lowest BCUT2D eigenvalue weighted by atomic mass is 10.00. The van der Waals surface area contributed by atoms with Gasteiger partial charge in [0, 0.05) is 24.7 Å². The van der Waals surface area contributed by atoms with Gasteiger partial charge < -0.3 is 10.2 Å². The average molecular weight is 302 g/mol. The third kappa shape index (κ3) is 4.57. The molecule has 0 aromatic heterocycles. The number of nitrogens with zero attached hydrogens (tertiary/aromatic N) is 1. The van der Waals surface area contributed by atoms with Crippen LogP contribution in [0.1, 0.15) is 60.5 Å². The Morgan fingerprint density at radius 1 is 1.27 bits per heavy atom. The normalized spacial score (nSPS) is 19.1. The van der Waals surface area contributed by atoms with Gasteiger partial charge in [0.15, 0.2) is 0 Å². The fourth-order valence-electron chi connectivity index (χ4n) is 3.29. The number of rotatable bonds is 6. The summed E-state index contributed by atoms with van der Waals surface area (Å²) in [4.78, 5) is 14.8. The Kier molecular flexibility index (Phi) is 6.44. The summed E-state index contributed by atoms with van der Waals surface area (Å²) in [6, 6.07) is 6.66. The van der Waals surface area contributed by atoms with E-state index < -0.39 is 0 Å². The van der Waals surface area contributed by atoms with Crippen molar-refractivity contribution in [2.75, 3.05) is 19.6 Å². The minimum absolute atomic E-state index is 0.0498. The number of benzene rings is 1. The van der Waals surface area contributed by atoms with Gasteiger partial charge in [-0.3, -0.25) is 4.79 Å². The Bertz CT molecular complexity index is 498. The minimum Gasteiger partial charge on any atom is -0.352 e. The van der Waals surface area contributed by atoms with E-state index in [2.05, 4.69) is 24.1 Å². The van der Waals surface area contributed by atoms with Crippen molar-refractivity contribution >= 4 is 5.91 Å². The van der Waals surface area contributed by atoms with E-state index in [4.69, 9.17) is 0 Å². The third-order valence-corrected chi connectivity index (χ3v) is 4.90. The number of likely N-dealkylation sites (tertiary alicyclic amines) is 1. The van der Waals surface area contributed by atoms with Gasteiger partial charge in [0.2, 0.25) is 0 Å². The summed E-state index contributed by atoms with van der Waals surface area (Å²) < 4.78 is 0. The maximum absolute atomic E-state index is 12.2. The Hall–Kier alpha value is -1.35. The van der Waals surface area contributed by atoms with Crippen molar-refractivity contribution in [3.8, 4) is 0 Å². The maximum atomic E-state index is 12.2. The Balaban J connectivity index is 1.73. The highest BCUT2D eigenvalue weighted by Gasteiger charge is 2.19. The first-order valence-corrected chi connectivity index (χ1v) is 8.71. The monoisotopic (exact) mass is 302 g/mol. The van der Waals surface area contributed by atoms with Gasteiger partial charge in [-0.2, -0.15) is 0 Å². The van der Waals surface area contributed by atoms with Gasteiger partial charge in [0.1, 0.15) is 0 Å². The average Bonchev–Trinajstić information content (AvgIpc) is 2.54. The Morgan fingerprint density at radius 3 is 2.82 bits per heavy atom. The van der Waals surface area contributed by atoms with Crippen LogP contribution in [0, 0.1) is 13.8 Å². The summed E-state index contributed by atoms with van der Waals surface area (Å²) >= 11 is 0. The van der Waals surface area contributed by atoms with Crippen LogP contribution in [0.2, 0.25) is 0 Å². The molecule has 3 nitrogen and oxygen atoms in total. The van der Waals surface area contributed by atoms with E-state index in [0.717, 1.165) is 31.1 Å². The highest BCUT2D eigenvalue weighted by molar-refractivity contribution is 5.94. The zero-order valence-electron chi connectivity index (χ0n) is 14.3. The first kappa shape index (κ1) is 17.0. The molecule has 0 saturated carbocycles. The molecule has 1 fully saturated rings. The number of piperidine rings is 1. The smallest absolute Gasteiger partial charge is 0.251 e. The van der Waals surface area contributed by atoms with Crippen molar-refractivity contribution in [3.63, 3.8) is 0 Å². The third-order valence-electron chi connectivity index (χ3n) is 4.90. The maximum Gasteiger partial charge on any atom is 0.251 e. The van der Waals surface area contributed by atoms with Crippen LogP contribution in [-0.4, -0.2) is 36.5 Å². The Morgan fingerprint density at radius 2 is 2.09 bits per heavy atom. The van der Waals surface area contributed by atoms with Crippen LogP contribution in [0.3, 0.4) is 0 Å². The van der Waals surface area contributed by atoms with Crippen LogP contribution in [0.4, 0.5) is 0 Å². The van der Waals surface area contributed by atoms with E-state index in [9.17, 15) is 4.79 Å². The van der Waals surface area contributed by atoms with Crippen LogP contribution in [0.5, 0.6) is 0 Å². The molecule has 1 amide bonds. The van der Waals surface area contributed by atoms with Gasteiger partial charge in [-0.15, -0.1) is 0 Å². The Labute approximate surface area is 135 Å². The minimum atomic E-state index is 0.0498. The largest absolute Gasteiger partial charge is 0.352 e. The lowest BCUT2D eigenvalue weighted by Crippen LogP contribution is -2.40. The molecule has 1 aliphatic heterocycles. The van der Waals surface area contributed by atoms with Gasteiger partial charge in [0.25, 0.3) is 5.91 Å². The van der Waals surface area contributed by atoms with Gasteiger partial charge >= 0.3 is 0 Å². The number of carbonyl (C=O) groups is 1. The van der Waals surface area contributed by atoms with Crippen molar-refractivity contribution in [2.24, 2.45) is 0 Å². The summed E-state index contributed by atoms with van der Waals surface area (Å²) in [5.41, 5.74) is 3.17. The summed E-state index contributed by atoms with van der Waals surface area (Å²) in [5, 5.41) is 3.05. The molecule has 1 atom stereocenters. The van der Waals surface area contributed by atoms with Crippen LogP contribution in [-0.2, 0) is 0 Å². The van der Waals surface area contributed by atoms with Gasteiger partial charge in [-0.05, 0) is 69.3 Å². The summed E-state index contributed by atoms with van der Waals surface area (Å²) in [6.45, 7) is 9.49. The lowest BCUT2D eigenvalue weighted by molar-refractivity contribution is 0.0947. The van der Waals surface area contributed by atoms with Gasteiger partial charge in [0.05, 0.1) is 0 Å². The number of nitrogens with one attached hydrogen (secondary N) is 1. The molecule has 0 aliphatic carbocycles. The van der Waals surface area contributed by atoms with Crippen molar-refractivity contribution in [1.29, 1.82) is 0 Å². The molecule has 1 aliphatic rings. The molecule has 0 unspecified atom stereocenters. The second kappa shape index (κ2) is 8.33. The molecule has 1 aromatic carbocycles. The molecule has 3 heteroatoms. The van der Waals surface area contributed by atoms with Crippen LogP contribution in [0.15, 0.2) is 18.2 Å². The first-order chi connectivity index (χ1) is 10.6. The number of aryl methyl sites for hydroxylation is 2. The van der Waals surface area contributed by atoms with Crippen molar-refractivity contribution in [1.82, 2.24) is 10.2 Å². The topological polar surface area (TPSA) is 32.3 Å².